The lowest BCUT2D eigenvalue weighted by atomic mass is 10.2. The Balaban J connectivity index is 2.14. The van der Waals surface area contributed by atoms with E-state index in [2.05, 4.69) is 20.6 Å². The highest BCUT2D eigenvalue weighted by molar-refractivity contribution is 14.1. The van der Waals surface area contributed by atoms with Gasteiger partial charge in [0, 0.05) is 3.57 Å². The van der Waals surface area contributed by atoms with Crippen LogP contribution in [-0.2, 0) is 0 Å². The Morgan fingerprint density at radius 2 is 1.85 bits per heavy atom. The number of benzene rings is 1. The minimum absolute atomic E-state index is 0.0244. The summed E-state index contributed by atoms with van der Waals surface area (Å²) in [6.07, 6.45) is 4.20. The second-order valence-corrected chi connectivity index (χ2v) is 4.95. The molecule has 1 aromatic heterocycles. The second kappa shape index (κ2) is 6.28. The number of carboxylic acid groups (broad SMARTS) is 1. The van der Waals surface area contributed by atoms with Gasteiger partial charge in [-0.05, 0) is 40.8 Å². The Kier molecular flexibility index (Phi) is 4.45. The molecule has 102 valence electrons. The van der Waals surface area contributed by atoms with E-state index < -0.39 is 12.0 Å². The van der Waals surface area contributed by atoms with Crippen LogP contribution in [-0.4, -0.2) is 27.1 Å². The van der Waals surface area contributed by atoms with Crippen LogP contribution in [0, 0.1) is 3.57 Å². The lowest BCUT2D eigenvalue weighted by Crippen LogP contribution is -2.21. The largest absolute Gasteiger partial charge is 0.478 e. The van der Waals surface area contributed by atoms with E-state index in [4.69, 9.17) is 5.11 Å². The fraction of sp³-hybridized carbons (Fsp3) is 0. The lowest BCUT2D eigenvalue weighted by Gasteiger charge is -2.09. The molecule has 0 fully saturated rings. The molecule has 0 radical (unpaired) electrons. The molecule has 20 heavy (non-hydrogen) atoms. The van der Waals surface area contributed by atoms with E-state index in [9.17, 15) is 9.59 Å². The Labute approximate surface area is 127 Å². The van der Waals surface area contributed by atoms with Crippen LogP contribution < -0.4 is 10.6 Å². The third kappa shape index (κ3) is 3.63. The first-order valence-corrected chi connectivity index (χ1v) is 6.50. The third-order valence-corrected chi connectivity index (χ3v) is 2.95. The number of carboxylic acids is 1. The van der Waals surface area contributed by atoms with Crippen molar-refractivity contribution in [3.63, 3.8) is 0 Å². The van der Waals surface area contributed by atoms with Crippen LogP contribution in [0.25, 0.3) is 0 Å². The van der Waals surface area contributed by atoms with E-state index >= 15 is 0 Å². The number of nitrogens with one attached hydrogen (secondary N) is 2. The summed E-state index contributed by atoms with van der Waals surface area (Å²) in [6.45, 7) is 0. The number of aromatic nitrogens is 2. The number of urea groups is 1. The molecule has 8 heteroatoms. The monoisotopic (exact) mass is 384 g/mol. The van der Waals surface area contributed by atoms with Gasteiger partial charge in [-0.1, -0.05) is 0 Å². The number of rotatable bonds is 3. The van der Waals surface area contributed by atoms with Crippen molar-refractivity contribution in [3.05, 3.63) is 46.1 Å². The molecule has 0 aliphatic heterocycles. The second-order valence-electron chi connectivity index (χ2n) is 3.70. The third-order valence-electron chi connectivity index (χ3n) is 2.28. The van der Waals surface area contributed by atoms with Gasteiger partial charge in [-0.2, -0.15) is 0 Å². The van der Waals surface area contributed by atoms with Gasteiger partial charge in [-0.25, -0.2) is 19.6 Å². The van der Waals surface area contributed by atoms with Crippen LogP contribution in [0.4, 0.5) is 16.2 Å². The molecule has 2 rings (SSSR count). The summed E-state index contributed by atoms with van der Waals surface area (Å²) in [5.41, 5.74) is 0.649. The van der Waals surface area contributed by atoms with Crippen molar-refractivity contribution in [2.24, 2.45) is 0 Å². The Morgan fingerprint density at radius 1 is 1.15 bits per heavy atom. The molecule has 0 spiro atoms. The Hall–Kier alpha value is -2.23. The van der Waals surface area contributed by atoms with E-state index in [1.807, 2.05) is 22.6 Å². The van der Waals surface area contributed by atoms with Crippen molar-refractivity contribution in [2.75, 3.05) is 10.6 Å². The number of hydrogen-bond donors (Lipinski definition) is 3. The van der Waals surface area contributed by atoms with E-state index in [0.717, 1.165) is 3.57 Å². The standard InChI is InChI=1S/C12H9IN4O3/c13-7-1-2-10(9(3-7)11(18)19)17-12(20)16-8-4-14-6-15-5-8/h1-6H,(H,18,19)(H2,16,17,20). The number of carbonyl (C=O) groups excluding carboxylic acids is 1. The maximum Gasteiger partial charge on any atom is 0.337 e. The molecule has 3 N–H and O–H groups in total. The zero-order valence-corrected chi connectivity index (χ0v) is 12.2. The normalized spacial score (nSPS) is 9.85. The summed E-state index contributed by atoms with van der Waals surface area (Å²) in [5.74, 6) is -1.11. The molecule has 1 heterocycles. The Morgan fingerprint density at radius 3 is 2.50 bits per heavy atom. The summed E-state index contributed by atoms with van der Waals surface area (Å²) in [7, 11) is 0. The summed E-state index contributed by atoms with van der Waals surface area (Å²) >= 11 is 2.00. The van der Waals surface area contributed by atoms with Crippen molar-refractivity contribution in [1.29, 1.82) is 0 Å². The summed E-state index contributed by atoms with van der Waals surface area (Å²) in [4.78, 5) is 30.4. The highest BCUT2D eigenvalue weighted by atomic mass is 127. The van der Waals surface area contributed by atoms with Crippen molar-refractivity contribution in [1.82, 2.24) is 9.97 Å². The minimum Gasteiger partial charge on any atom is -0.478 e. The molecule has 2 aromatic rings. The SMILES string of the molecule is O=C(Nc1cncnc1)Nc1ccc(I)cc1C(=O)O. The molecule has 0 unspecified atom stereocenters. The van der Waals surface area contributed by atoms with Crippen LogP contribution in [0.3, 0.4) is 0 Å². The van der Waals surface area contributed by atoms with E-state index in [1.165, 1.54) is 30.9 Å². The number of anilines is 2. The van der Waals surface area contributed by atoms with Gasteiger partial charge < -0.3 is 15.7 Å². The molecule has 0 atom stereocenters. The number of hydrogen-bond acceptors (Lipinski definition) is 4. The van der Waals surface area contributed by atoms with Crippen molar-refractivity contribution >= 4 is 46.0 Å². The van der Waals surface area contributed by atoms with Gasteiger partial charge in [0.1, 0.15) is 6.33 Å². The first kappa shape index (κ1) is 14.2. The lowest BCUT2D eigenvalue weighted by molar-refractivity contribution is 0.0698. The zero-order chi connectivity index (χ0) is 14.5. The van der Waals surface area contributed by atoms with Crippen LogP contribution in [0.2, 0.25) is 0 Å². The Bertz CT molecular complexity index is 648. The molecule has 0 aliphatic carbocycles. The quantitative estimate of drug-likeness (QED) is 0.706. The van der Waals surface area contributed by atoms with Gasteiger partial charge in [-0.3, -0.25) is 0 Å². The predicted octanol–water partition coefficient (Wildman–Crippen LogP) is 2.42. The van der Waals surface area contributed by atoms with Gasteiger partial charge in [0.15, 0.2) is 0 Å². The van der Waals surface area contributed by atoms with Gasteiger partial charge in [0.2, 0.25) is 0 Å². The van der Waals surface area contributed by atoms with Crippen LogP contribution in [0.15, 0.2) is 36.9 Å². The molecule has 0 saturated heterocycles. The molecule has 7 nitrogen and oxygen atoms in total. The number of aromatic carboxylic acids is 1. The molecule has 0 bridgehead atoms. The van der Waals surface area contributed by atoms with E-state index in [-0.39, 0.29) is 11.3 Å². The number of amides is 2. The molecular formula is C12H9IN4O3. The summed E-state index contributed by atoms with van der Waals surface area (Å²) in [5, 5.41) is 14.1. The highest BCUT2D eigenvalue weighted by Gasteiger charge is 2.13. The topological polar surface area (TPSA) is 104 Å². The maximum atomic E-state index is 11.8. The van der Waals surface area contributed by atoms with Gasteiger partial charge in [0.05, 0.1) is 29.3 Å². The van der Waals surface area contributed by atoms with Gasteiger partial charge in [-0.15, -0.1) is 0 Å². The minimum atomic E-state index is -1.11. The van der Waals surface area contributed by atoms with Crippen LogP contribution in [0.5, 0.6) is 0 Å². The van der Waals surface area contributed by atoms with E-state index in [1.54, 1.807) is 6.07 Å². The van der Waals surface area contributed by atoms with E-state index in [0.29, 0.717) is 5.69 Å². The molecule has 0 aliphatic rings. The fourth-order valence-corrected chi connectivity index (χ4v) is 1.94. The van der Waals surface area contributed by atoms with Crippen LogP contribution >= 0.6 is 22.6 Å². The van der Waals surface area contributed by atoms with Crippen molar-refractivity contribution in [2.45, 2.75) is 0 Å². The van der Waals surface area contributed by atoms with Crippen LogP contribution in [0.1, 0.15) is 10.4 Å². The molecule has 2 amide bonds. The summed E-state index contributed by atoms with van der Waals surface area (Å²) < 4.78 is 0.766. The number of halogens is 1. The fourth-order valence-electron chi connectivity index (χ4n) is 1.45. The molecule has 1 aromatic carbocycles. The summed E-state index contributed by atoms with van der Waals surface area (Å²) in [6, 6.07) is 4.15. The average molecular weight is 384 g/mol. The first-order chi connectivity index (χ1) is 9.56. The number of carbonyl (C=O) groups is 2. The first-order valence-electron chi connectivity index (χ1n) is 5.42. The zero-order valence-electron chi connectivity index (χ0n) is 10.0. The van der Waals surface area contributed by atoms with Crippen molar-refractivity contribution in [3.8, 4) is 0 Å². The maximum absolute atomic E-state index is 11.8. The average Bonchev–Trinajstić information content (AvgIpc) is 2.41. The molecule has 0 saturated carbocycles. The smallest absolute Gasteiger partial charge is 0.337 e. The number of nitrogens with zero attached hydrogens (tertiary/aromatic N) is 2. The van der Waals surface area contributed by atoms with Crippen molar-refractivity contribution < 1.29 is 14.7 Å². The molecular weight excluding hydrogens is 375 g/mol. The van der Waals surface area contributed by atoms with Gasteiger partial charge >= 0.3 is 12.0 Å². The highest BCUT2D eigenvalue weighted by Crippen LogP contribution is 2.19. The van der Waals surface area contributed by atoms with Gasteiger partial charge in [0.25, 0.3) is 0 Å². The predicted molar refractivity (Wildman–Crippen MR) is 80.8 cm³/mol.